The summed E-state index contributed by atoms with van der Waals surface area (Å²) in [6.07, 6.45) is 1.00. The van der Waals surface area contributed by atoms with Crippen molar-refractivity contribution < 1.29 is 22.6 Å². The van der Waals surface area contributed by atoms with Crippen LogP contribution in [0.15, 0.2) is 133 Å². The maximum Gasteiger partial charge on any atom is 0.135 e. The molecule has 1 radical (unpaired) electrons. The summed E-state index contributed by atoms with van der Waals surface area (Å²) in [5.74, 6) is 1.44. The fraction of sp³-hybridized carbons (Fsp3) is 0.218. The Morgan fingerprint density at radius 3 is 2.06 bits per heavy atom. The predicted octanol–water partition coefficient (Wildman–Crippen LogP) is 14.4. The number of aryl methyl sites for hydroxylation is 2. The van der Waals surface area contributed by atoms with Crippen LogP contribution in [0.5, 0.6) is 11.5 Å². The van der Waals surface area contributed by atoms with Crippen LogP contribution >= 0.6 is 45.2 Å². The van der Waals surface area contributed by atoms with Gasteiger partial charge in [-0.2, -0.15) is 0 Å². The first kappa shape index (κ1) is 46.3. The summed E-state index contributed by atoms with van der Waals surface area (Å²) < 4.78 is 62.8. The topological polar surface area (TPSA) is 30.5 Å². The summed E-state index contributed by atoms with van der Waals surface area (Å²) in [4.78, 5) is 0. The molecule has 0 aliphatic heterocycles. The van der Waals surface area contributed by atoms with Crippen molar-refractivity contribution in [3.8, 4) is 33.8 Å². The van der Waals surface area contributed by atoms with Gasteiger partial charge >= 0.3 is 0 Å². The monoisotopic (exact) mass is 1070 g/mol. The number of rotatable bonds is 17. The van der Waals surface area contributed by atoms with E-state index in [1.807, 2.05) is 60.7 Å². The molecule has 0 amide bonds. The molecule has 7 aromatic rings. The Morgan fingerprint density at radius 1 is 0.683 bits per heavy atom. The molecule has 0 aliphatic carbocycles. The minimum Gasteiger partial charge on any atom is -0.496 e. The zero-order valence-corrected chi connectivity index (χ0v) is 40.5. The van der Waals surface area contributed by atoms with E-state index >= 15 is 8.78 Å². The molecule has 1 N–H and O–H groups in total. The zero-order valence-electron chi connectivity index (χ0n) is 36.2. The van der Waals surface area contributed by atoms with Gasteiger partial charge in [0.15, 0.2) is 0 Å². The summed E-state index contributed by atoms with van der Waals surface area (Å²) in [6.45, 7) is 10.0. The Kier molecular flexibility index (Phi) is 15.7. The Morgan fingerprint density at radius 2 is 1.37 bits per heavy atom. The Hall–Kier alpha value is -4.65. The van der Waals surface area contributed by atoms with Crippen molar-refractivity contribution in [2.75, 3.05) is 20.3 Å². The van der Waals surface area contributed by atoms with Crippen LogP contribution in [-0.2, 0) is 25.8 Å². The van der Waals surface area contributed by atoms with Gasteiger partial charge in [0, 0.05) is 49.3 Å². The molecule has 323 valence electrons. The molecule has 63 heavy (non-hydrogen) atoms. The molecule has 0 fully saturated rings. The van der Waals surface area contributed by atoms with E-state index in [9.17, 15) is 4.39 Å². The van der Waals surface area contributed by atoms with Crippen molar-refractivity contribution in [1.82, 2.24) is 5.32 Å². The number of hydrogen-bond acceptors (Lipinski definition) is 3. The minimum absolute atomic E-state index is 0.0174. The number of halogens is 5. The fourth-order valence-corrected chi connectivity index (χ4v) is 9.14. The van der Waals surface area contributed by atoms with E-state index in [0.29, 0.717) is 60.5 Å². The lowest BCUT2D eigenvalue weighted by molar-refractivity contribution is 0.313. The van der Waals surface area contributed by atoms with Crippen LogP contribution in [0.2, 0.25) is 0 Å². The third-order valence-electron chi connectivity index (χ3n) is 11.3. The smallest absolute Gasteiger partial charge is 0.135 e. The summed E-state index contributed by atoms with van der Waals surface area (Å²) in [7, 11) is 1.67. The molecular formula is C55H51F3I2NO2. The molecule has 0 saturated heterocycles. The lowest BCUT2D eigenvalue weighted by Crippen LogP contribution is -2.21. The highest BCUT2D eigenvalue weighted by atomic mass is 127. The average molecular weight is 1070 g/mol. The molecule has 0 unspecified atom stereocenters. The highest BCUT2D eigenvalue weighted by Crippen LogP contribution is 2.48. The maximum atomic E-state index is 18.5. The summed E-state index contributed by atoms with van der Waals surface area (Å²) in [5, 5.41) is 3.44. The first-order chi connectivity index (χ1) is 30.4. The molecular weight excluding hydrogens is 1020 g/mol. The van der Waals surface area contributed by atoms with Crippen LogP contribution in [0, 0.1) is 50.3 Å². The van der Waals surface area contributed by atoms with Gasteiger partial charge in [0.05, 0.1) is 7.11 Å². The molecule has 0 atom stereocenters. The molecule has 0 bridgehead atoms. The van der Waals surface area contributed by atoms with Gasteiger partial charge in [0.2, 0.25) is 0 Å². The Balaban J connectivity index is 1.47. The standard InChI is InChI=1S/C55H51F3I2NO2/c1-34(2)27-46-53(40-13-10-14-44(29-40)63-26-25-61-33-42-12-7-9-16-51(42)62-5)55(58)47(30-39-11-6-8-15-48(39)57)52(41-22-18-36(4)50(60)32-41)54(46)45(28-37-19-23-43(56)24-20-37)38-21-17-35(3)49(59)31-38/h6-24,29,31-32,34,61H,25-28,30,33H2,1-5H3. The molecule has 0 saturated carbocycles. The van der Waals surface area contributed by atoms with E-state index in [1.165, 1.54) is 18.2 Å². The van der Waals surface area contributed by atoms with Gasteiger partial charge in [-0.1, -0.05) is 98.8 Å². The number of methoxy groups -OCH3 is 1. The van der Waals surface area contributed by atoms with Crippen LogP contribution in [0.1, 0.15) is 63.9 Å². The number of para-hydroxylation sites is 1. The van der Waals surface area contributed by atoms with Crippen LogP contribution in [0.3, 0.4) is 0 Å². The largest absolute Gasteiger partial charge is 0.496 e. The third-order valence-corrected chi connectivity index (χ3v) is 13.7. The van der Waals surface area contributed by atoms with Crippen molar-refractivity contribution in [1.29, 1.82) is 0 Å². The number of hydrogen-bond donors (Lipinski definition) is 1. The van der Waals surface area contributed by atoms with E-state index in [-0.39, 0.29) is 18.2 Å². The van der Waals surface area contributed by atoms with Gasteiger partial charge < -0.3 is 14.8 Å². The van der Waals surface area contributed by atoms with E-state index < -0.39 is 11.6 Å². The quantitative estimate of drug-likeness (QED) is 0.0728. The van der Waals surface area contributed by atoms with Crippen molar-refractivity contribution >= 4 is 45.2 Å². The minimum atomic E-state index is -0.394. The van der Waals surface area contributed by atoms with E-state index in [1.54, 1.807) is 25.3 Å². The van der Waals surface area contributed by atoms with Gasteiger partial charge in [-0.05, 0) is 182 Å². The summed E-state index contributed by atoms with van der Waals surface area (Å²) in [6, 6.07) is 41.5. The van der Waals surface area contributed by atoms with Gasteiger partial charge in [0.1, 0.15) is 35.6 Å². The van der Waals surface area contributed by atoms with Crippen molar-refractivity contribution in [2.24, 2.45) is 5.92 Å². The molecule has 0 heterocycles. The molecule has 0 aromatic heterocycles. The van der Waals surface area contributed by atoms with Gasteiger partial charge in [-0.15, -0.1) is 0 Å². The average Bonchev–Trinajstić information content (AvgIpc) is 3.27. The lowest BCUT2D eigenvalue weighted by atomic mass is 9.73. The summed E-state index contributed by atoms with van der Waals surface area (Å²) in [5.41, 5.74) is 10.5. The van der Waals surface area contributed by atoms with Gasteiger partial charge in [-0.3, -0.25) is 0 Å². The summed E-state index contributed by atoms with van der Waals surface area (Å²) >= 11 is 4.72. The van der Waals surface area contributed by atoms with Crippen LogP contribution in [0.25, 0.3) is 22.3 Å². The second-order valence-electron chi connectivity index (χ2n) is 16.3. The maximum absolute atomic E-state index is 18.5. The van der Waals surface area contributed by atoms with E-state index in [2.05, 4.69) is 115 Å². The number of nitrogens with one attached hydrogen (secondary N) is 1. The second-order valence-corrected chi connectivity index (χ2v) is 18.7. The zero-order chi connectivity index (χ0) is 44.6. The first-order valence-corrected chi connectivity index (χ1v) is 23.4. The first-order valence-electron chi connectivity index (χ1n) is 21.2. The van der Waals surface area contributed by atoms with E-state index in [0.717, 1.165) is 68.9 Å². The van der Waals surface area contributed by atoms with Crippen molar-refractivity contribution in [3.63, 3.8) is 0 Å². The SMILES string of the molecule is COc1ccccc1CNCCOc1cccc(-c2c(F)c(Cc3ccccc3F)c(-c3ccc(C)c(I)c3)c([C](Cc3ccc(F)cc3)c3ccc(C)c(I)c3)c2CC(C)C)c1. The van der Waals surface area contributed by atoms with Crippen LogP contribution < -0.4 is 14.8 Å². The van der Waals surface area contributed by atoms with Crippen LogP contribution in [-0.4, -0.2) is 20.3 Å². The number of ether oxygens (including phenoxy) is 2. The molecule has 7 aromatic carbocycles. The highest BCUT2D eigenvalue weighted by Gasteiger charge is 2.32. The molecule has 8 heteroatoms. The Bertz CT molecular complexity index is 2700. The van der Waals surface area contributed by atoms with E-state index in [4.69, 9.17) is 9.47 Å². The van der Waals surface area contributed by atoms with Crippen LogP contribution in [0.4, 0.5) is 13.2 Å². The second kappa shape index (κ2) is 21.4. The van der Waals surface area contributed by atoms with Gasteiger partial charge in [0.25, 0.3) is 0 Å². The lowest BCUT2D eigenvalue weighted by Gasteiger charge is -2.31. The van der Waals surface area contributed by atoms with Crippen molar-refractivity contribution in [2.45, 2.75) is 53.5 Å². The molecule has 7 rings (SSSR count). The van der Waals surface area contributed by atoms with Gasteiger partial charge in [-0.25, -0.2) is 13.2 Å². The van der Waals surface area contributed by atoms with Crippen molar-refractivity contribution in [3.05, 3.63) is 214 Å². The number of benzene rings is 7. The molecule has 0 spiro atoms. The molecule has 0 aliphatic rings. The Labute approximate surface area is 397 Å². The highest BCUT2D eigenvalue weighted by molar-refractivity contribution is 14.1. The normalized spacial score (nSPS) is 11.4. The third kappa shape index (κ3) is 11.2. The molecule has 3 nitrogen and oxygen atoms in total. The fourth-order valence-electron chi connectivity index (χ4n) is 8.11. The predicted molar refractivity (Wildman–Crippen MR) is 268 cm³/mol.